The van der Waals surface area contributed by atoms with Crippen LogP contribution in [0.2, 0.25) is 0 Å². The van der Waals surface area contributed by atoms with Gasteiger partial charge in [0.05, 0.1) is 11.9 Å². The molecule has 0 amide bonds. The second-order valence-electron chi connectivity index (χ2n) is 3.67. The maximum absolute atomic E-state index is 11.4. The van der Waals surface area contributed by atoms with E-state index in [0.717, 1.165) is 12.2 Å². The van der Waals surface area contributed by atoms with Gasteiger partial charge in [-0.3, -0.25) is 4.79 Å². The molecular formula is C10H17N3O. The quantitative estimate of drug-likeness (QED) is 0.788. The number of aryl methyl sites for hydroxylation is 1. The Morgan fingerprint density at radius 1 is 1.57 bits per heavy atom. The molecule has 1 heterocycles. The zero-order chi connectivity index (χ0) is 10.6. The predicted octanol–water partition coefficient (Wildman–Crippen LogP) is 1.33. The fraction of sp³-hybridized carbons (Fsp3) is 0.600. The van der Waals surface area contributed by atoms with Crippen LogP contribution in [0.15, 0.2) is 17.1 Å². The van der Waals surface area contributed by atoms with E-state index in [0.29, 0.717) is 12.5 Å². The maximum Gasteiger partial charge on any atom is 0.268 e. The number of hydrogen-bond donors (Lipinski definition) is 1. The van der Waals surface area contributed by atoms with Crippen molar-refractivity contribution in [3.63, 3.8) is 0 Å². The fourth-order valence-corrected chi connectivity index (χ4v) is 1.09. The molecule has 14 heavy (non-hydrogen) atoms. The Morgan fingerprint density at radius 3 is 2.79 bits per heavy atom. The summed E-state index contributed by atoms with van der Waals surface area (Å²) in [4.78, 5) is 11.4. The molecule has 4 heteroatoms. The number of nitrogens with one attached hydrogen (secondary N) is 1. The summed E-state index contributed by atoms with van der Waals surface area (Å²) in [6.07, 6.45) is 1.69. The Bertz CT molecular complexity index is 343. The number of rotatable bonds is 4. The first-order valence-corrected chi connectivity index (χ1v) is 4.94. The van der Waals surface area contributed by atoms with Gasteiger partial charge in [-0.1, -0.05) is 13.8 Å². The maximum atomic E-state index is 11.4. The molecule has 1 aromatic heterocycles. The molecule has 0 aliphatic rings. The molecule has 0 bridgehead atoms. The Hall–Kier alpha value is -1.32. The highest BCUT2D eigenvalue weighted by Crippen LogP contribution is 2.01. The first-order chi connectivity index (χ1) is 6.63. The molecule has 1 N–H and O–H groups in total. The van der Waals surface area contributed by atoms with Crippen LogP contribution in [-0.4, -0.2) is 16.3 Å². The molecule has 0 unspecified atom stereocenters. The van der Waals surface area contributed by atoms with Crippen LogP contribution in [-0.2, 0) is 6.54 Å². The highest BCUT2D eigenvalue weighted by Gasteiger charge is 1.98. The molecule has 0 spiro atoms. The minimum Gasteiger partial charge on any atom is -0.383 e. The molecular weight excluding hydrogens is 178 g/mol. The van der Waals surface area contributed by atoms with E-state index in [2.05, 4.69) is 24.3 Å². The lowest BCUT2D eigenvalue weighted by Gasteiger charge is -2.08. The third-order valence-electron chi connectivity index (χ3n) is 1.88. The van der Waals surface area contributed by atoms with Gasteiger partial charge in [0.15, 0.2) is 0 Å². The Labute approximate surface area is 84.0 Å². The van der Waals surface area contributed by atoms with Crippen LogP contribution in [0.1, 0.15) is 20.8 Å². The molecule has 78 valence electrons. The first kappa shape index (κ1) is 10.8. The van der Waals surface area contributed by atoms with Crippen LogP contribution in [0.3, 0.4) is 0 Å². The highest BCUT2D eigenvalue weighted by molar-refractivity contribution is 5.38. The lowest BCUT2D eigenvalue weighted by atomic mass is 10.2. The second-order valence-corrected chi connectivity index (χ2v) is 3.67. The van der Waals surface area contributed by atoms with Gasteiger partial charge in [0.25, 0.3) is 5.56 Å². The second kappa shape index (κ2) is 4.79. The topological polar surface area (TPSA) is 46.9 Å². The van der Waals surface area contributed by atoms with E-state index in [-0.39, 0.29) is 5.56 Å². The van der Waals surface area contributed by atoms with Gasteiger partial charge in [-0.25, -0.2) is 4.68 Å². The van der Waals surface area contributed by atoms with Gasteiger partial charge >= 0.3 is 0 Å². The zero-order valence-electron chi connectivity index (χ0n) is 8.95. The molecule has 0 saturated heterocycles. The summed E-state index contributed by atoms with van der Waals surface area (Å²) >= 11 is 0. The monoisotopic (exact) mass is 195 g/mol. The van der Waals surface area contributed by atoms with Gasteiger partial charge in [-0.2, -0.15) is 5.10 Å². The van der Waals surface area contributed by atoms with Gasteiger partial charge in [0.1, 0.15) is 0 Å². The molecule has 4 nitrogen and oxygen atoms in total. The van der Waals surface area contributed by atoms with E-state index in [1.165, 1.54) is 4.68 Å². The minimum absolute atomic E-state index is 0.0544. The van der Waals surface area contributed by atoms with Crippen molar-refractivity contribution in [2.24, 2.45) is 5.92 Å². The van der Waals surface area contributed by atoms with Crippen molar-refractivity contribution in [2.45, 2.75) is 27.3 Å². The van der Waals surface area contributed by atoms with Gasteiger partial charge in [-0.05, 0) is 12.8 Å². The molecule has 1 rings (SSSR count). The van der Waals surface area contributed by atoms with Crippen LogP contribution in [0, 0.1) is 5.92 Å². The summed E-state index contributed by atoms with van der Waals surface area (Å²) in [6, 6.07) is 1.58. The van der Waals surface area contributed by atoms with Crippen LogP contribution >= 0.6 is 0 Å². The fourth-order valence-electron chi connectivity index (χ4n) is 1.09. The van der Waals surface area contributed by atoms with E-state index < -0.39 is 0 Å². The third-order valence-corrected chi connectivity index (χ3v) is 1.88. The smallest absolute Gasteiger partial charge is 0.268 e. The molecule has 0 aliphatic heterocycles. The predicted molar refractivity (Wildman–Crippen MR) is 57.5 cm³/mol. The van der Waals surface area contributed by atoms with Gasteiger partial charge < -0.3 is 5.32 Å². The van der Waals surface area contributed by atoms with E-state index in [1.54, 1.807) is 12.3 Å². The van der Waals surface area contributed by atoms with Gasteiger partial charge in [0, 0.05) is 19.2 Å². The number of hydrogen-bond acceptors (Lipinski definition) is 3. The van der Waals surface area contributed by atoms with Crippen molar-refractivity contribution in [3.05, 3.63) is 22.6 Å². The number of aromatic nitrogens is 2. The van der Waals surface area contributed by atoms with E-state index in [1.807, 2.05) is 6.92 Å². The Kier molecular flexibility index (Phi) is 3.68. The van der Waals surface area contributed by atoms with Crippen LogP contribution in [0.4, 0.5) is 5.69 Å². The molecule has 0 radical (unpaired) electrons. The lowest BCUT2D eigenvalue weighted by Crippen LogP contribution is -2.22. The Balaban J connectivity index is 2.72. The zero-order valence-corrected chi connectivity index (χ0v) is 8.95. The van der Waals surface area contributed by atoms with Crippen molar-refractivity contribution < 1.29 is 0 Å². The summed E-state index contributed by atoms with van der Waals surface area (Å²) < 4.78 is 1.43. The van der Waals surface area contributed by atoms with Crippen molar-refractivity contribution in [1.82, 2.24) is 9.78 Å². The normalized spacial score (nSPS) is 10.6. The van der Waals surface area contributed by atoms with Crippen LogP contribution in [0.25, 0.3) is 0 Å². The van der Waals surface area contributed by atoms with Gasteiger partial charge in [0.2, 0.25) is 0 Å². The van der Waals surface area contributed by atoms with Crippen LogP contribution in [0.5, 0.6) is 0 Å². The molecule has 1 aromatic rings. The summed E-state index contributed by atoms with van der Waals surface area (Å²) in [5.41, 5.74) is 0.745. The summed E-state index contributed by atoms with van der Waals surface area (Å²) in [7, 11) is 0. The number of nitrogens with zero attached hydrogens (tertiary/aromatic N) is 2. The molecule has 0 fully saturated rings. The van der Waals surface area contributed by atoms with E-state index >= 15 is 0 Å². The molecule has 0 saturated carbocycles. The van der Waals surface area contributed by atoms with Crippen molar-refractivity contribution in [1.29, 1.82) is 0 Å². The van der Waals surface area contributed by atoms with E-state index in [4.69, 9.17) is 0 Å². The lowest BCUT2D eigenvalue weighted by molar-refractivity contribution is 0.614. The molecule has 0 aliphatic carbocycles. The van der Waals surface area contributed by atoms with Crippen molar-refractivity contribution in [3.8, 4) is 0 Å². The standard InChI is InChI=1S/C10H17N3O/c1-4-13-10(14)5-9(7-12-13)11-6-8(2)3/h5,7-8,11H,4,6H2,1-3H3. The minimum atomic E-state index is -0.0544. The average molecular weight is 195 g/mol. The largest absolute Gasteiger partial charge is 0.383 e. The molecule has 0 atom stereocenters. The number of anilines is 1. The SMILES string of the molecule is CCn1ncc(NCC(C)C)cc1=O. The van der Waals surface area contributed by atoms with Crippen molar-refractivity contribution in [2.75, 3.05) is 11.9 Å². The molecule has 0 aromatic carbocycles. The summed E-state index contributed by atoms with van der Waals surface area (Å²) in [5, 5.41) is 7.18. The average Bonchev–Trinajstić information content (AvgIpc) is 2.15. The third kappa shape index (κ3) is 2.87. The summed E-state index contributed by atoms with van der Waals surface area (Å²) in [5.74, 6) is 0.559. The van der Waals surface area contributed by atoms with Crippen molar-refractivity contribution >= 4 is 5.69 Å². The van der Waals surface area contributed by atoms with Crippen LogP contribution < -0.4 is 10.9 Å². The van der Waals surface area contributed by atoms with Gasteiger partial charge in [-0.15, -0.1) is 0 Å². The summed E-state index contributed by atoms with van der Waals surface area (Å²) in [6.45, 7) is 7.61. The van der Waals surface area contributed by atoms with E-state index in [9.17, 15) is 4.79 Å². The Morgan fingerprint density at radius 2 is 2.29 bits per heavy atom. The highest BCUT2D eigenvalue weighted by atomic mass is 16.1. The first-order valence-electron chi connectivity index (χ1n) is 4.94.